The summed E-state index contributed by atoms with van der Waals surface area (Å²) in [6.45, 7) is 9.65. The quantitative estimate of drug-likeness (QED) is 0.292. The Labute approximate surface area is 116 Å². The number of oxime groups is 1. The molecule has 1 amide bonds. The predicted molar refractivity (Wildman–Crippen MR) is 78.1 cm³/mol. The predicted octanol–water partition coefficient (Wildman–Crippen LogP) is 2.43. The Morgan fingerprint density at radius 3 is 2.21 bits per heavy atom. The molecule has 0 spiro atoms. The van der Waals surface area contributed by atoms with E-state index < -0.39 is 5.92 Å². The maximum Gasteiger partial charge on any atom is 0.233 e. The summed E-state index contributed by atoms with van der Waals surface area (Å²) in [7, 11) is 0. The summed E-state index contributed by atoms with van der Waals surface area (Å²) in [4.78, 5) is 14.3. The Kier molecular flexibility index (Phi) is 9.00. The minimum absolute atomic E-state index is 0.0217. The van der Waals surface area contributed by atoms with E-state index >= 15 is 0 Å². The molecule has 0 aliphatic rings. The molecule has 1 unspecified atom stereocenters. The van der Waals surface area contributed by atoms with E-state index in [9.17, 15) is 4.79 Å². The van der Waals surface area contributed by atoms with Crippen molar-refractivity contribution in [3.05, 3.63) is 0 Å². The Bertz CT molecular complexity index is 288. The smallest absolute Gasteiger partial charge is 0.233 e. The molecule has 5 heteroatoms. The summed E-state index contributed by atoms with van der Waals surface area (Å²) in [5.74, 6) is 0.0178. The van der Waals surface area contributed by atoms with Crippen LogP contribution in [0.4, 0.5) is 0 Å². The van der Waals surface area contributed by atoms with E-state index in [-0.39, 0.29) is 11.7 Å². The molecule has 0 heterocycles. The van der Waals surface area contributed by atoms with Gasteiger partial charge in [0.2, 0.25) is 5.91 Å². The van der Waals surface area contributed by atoms with Crippen LogP contribution in [0.1, 0.15) is 53.4 Å². The third-order valence-electron chi connectivity index (χ3n) is 3.67. The minimum atomic E-state index is -0.496. The van der Waals surface area contributed by atoms with Gasteiger partial charge in [0.1, 0.15) is 0 Å². The molecule has 19 heavy (non-hydrogen) atoms. The maximum atomic E-state index is 12.5. The van der Waals surface area contributed by atoms with Crippen molar-refractivity contribution in [3.63, 3.8) is 0 Å². The Morgan fingerprint density at radius 2 is 1.84 bits per heavy atom. The van der Waals surface area contributed by atoms with Crippen molar-refractivity contribution in [2.24, 2.45) is 22.7 Å². The van der Waals surface area contributed by atoms with Gasteiger partial charge in [-0.3, -0.25) is 4.79 Å². The molecule has 3 N–H and O–H groups in total. The summed E-state index contributed by atoms with van der Waals surface area (Å²) in [6, 6.07) is 0. The number of nitrogens with zero attached hydrogens (tertiary/aromatic N) is 2. The van der Waals surface area contributed by atoms with Gasteiger partial charge in [-0.2, -0.15) is 0 Å². The normalized spacial score (nSPS) is 13.6. The van der Waals surface area contributed by atoms with Crippen LogP contribution < -0.4 is 5.73 Å². The minimum Gasteiger partial charge on any atom is -0.409 e. The second kappa shape index (κ2) is 9.64. The van der Waals surface area contributed by atoms with Gasteiger partial charge in [-0.25, -0.2) is 0 Å². The fraction of sp³-hybridized carbons (Fsp3) is 0.857. The van der Waals surface area contributed by atoms with Crippen molar-refractivity contribution in [2.45, 2.75) is 53.4 Å². The molecule has 5 nitrogen and oxygen atoms in total. The van der Waals surface area contributed by atoms with E-state index in [1.165, 1.54) is 0 Å². The Morgan fingerprint density at radius 1 is 1.26 bits per heavy atom. The average Bonchev–Trinajstić information content (AvgIpc) is 2.44. The lowest BCUT2D eigenvalue weighted by atomic mass is 9.98. The molecule has 1 atom stereocenters. The maximum absolute atomic E-state index is 12.5. The molecule has 0 saturated heterocycles. The molecule has 0 aliphatic heterocycles. The van der Waals surface area contributed by atoms with Gasteiger partial charge in [-0.05, 0) is 19.3 Å². The highest BCUT2D eigenvalue weighted by Crippen LogP contribution is 2.15. The Hall–Kier alpha value is -1.26. The van der Waals surface area contributed by atoms with Gasteiger partial charge in [0.15, 0.2) is 5.84 Å². The fourth-order valence-electron chi connectivity index (χ4n) is 2.21. The second-order valence-corrected chi connectivity index (χ2v) is 4.93. The van der Waals surface area contributed by atoms with Crippen LogP contribution in [-0.4, -0.2) is 34.9 Å². The number of hydrogen-bond donors (Lipinski definition) is 2. The van der Waals surface area contributed by atoms with Gasteiger partial charge in [0.05, 0.1) is 5.92 Å². The lowest BCUT2D eigenvalue weighted by molar-refractivity contribution is -0.134. The molecule has 0 aromatic rings. The average molecular weight is 271 g/mol. The summed E-state index contributed by atoms with van der Waals surface area (Å²) in [6.07, 6.45) is 3.56. The Balaban J connectivity index is 4.86. The van der Waals surface area contributed by atoms with Gasteiger partial charge in [0.25, 0.3) is 0 Å². The first-order valence-corrected chi connectivity index (χ1v) is 7.31. The highest BCUT2D eigenvalue weighted by atomic mass is 16.4. The van der Waals surface area contributed by atoms with Crippen molar-refractivity contribution in [2.75, 3.05) is 13.1 Å². The third kappa shape index (κ3) is 5.49. The highest BCUT2D eigenvalue weighted by molar-refractivity contribution is 6.02. The van der Waals surface area contributed by atoms with E-state index in [0.717, 1.165) is 25.8 Å². The van der Waals surface area contributed by atoms with E-state index in [2.05, 4.69) is 19.0 Å². The number of hydrogen-bond acceptors (Lipinski definition) is 3. The monoisotopic (exact) mass is 271 g/mol. The number of carbonyl (C=O) groups is 1. The number of nitrogens with two attached hydrogens (primary N) is 1. The van der Waals surface area contributed by atoms with Crippen LogP contribution >= 0.6 is 0 Å². The molecule has 0 rings (SSSR count). The number of carbonyl (C=O) groups excluding carboxylic acids is 1. The molecule has 0 bridgehead atoms. The fourth-order valence-corrected chi connectivity index (χ4v) is 2.21. The second-order valence-electron chi connectivity index (χ2n) is 4.93. The van der Waals surface area contributed by atoms with Crippen LogP contribution in [0.5, 0.6) is 0 Å². The number of amidine groups is 1. The summed E-state index contributed by atoms with van der Waals surface area (Å²) in [5, 5.41) is 11.8. The van der Waals surface area contributed by atoms with E-state index in [1.54, 1.807) is 0 Å². The molecule has 0 fully saturated rings. The molecule has 0 aromatic heterocycles. The first kappa shape index (κ1) is 17.7. The lowest BCUT2D eigenvalue weighted by Crippen LogP contribution is -2.43. The SMILES string of the molecule is CCCC(C(=O)N(CC)CC(CC)CC)C(N)=NO. The van der Waals surface area contributed by atoms with Gasteiger partial charge in [-0.15, -0.1) is 0 Å². The van der Waals surface area contributed by atoms with Gasteiger partial charge < -0.3 is 15.8 Å². The van der Waals surface area contributed by atoms with E-state index in [0.29, 0.717) is 18.9 Å². The molecule has 0 radical (unpaired) electrons. The van der Waals surface area contributed by atoms with Crippen LogP contribution in [0, 0.1) is 11.8 Å². The molecular weight excluding hydrogens is 242 g/mol. The van der Waals surface area contributed by atoms with E-state index in [1.807, 2.05) is 18.7 Å². The van der Waals surface area contributed by atoms with E-state index in [4.69, 9.17) is 10.9 Å². The van der Waals surface area contributed by atoms with Crippen LogP contribution in [0.25, 0.3) is 0 Å². The zero-order valence-electron chi connectivity index (χ0n) is 12.7. The molecule has 0 aliphatic carbocycles. The zero-order chi connectivity index (χ0) is 14.8. The summed E-state index contributed by atoms with van der Waals surface area (Å²) < 4.78 is 0. The molecule has 0 aromatic carbocycles. The molecular formula is C14H29N3O2. The molecule has 112 valence electrons. The van der Waals surface area contributed by atoms with Gasteiger partial charge in [-0.1, -0.05) is 45.2 Å². The summed E-state index contributed by atoms with van der Waals surface area (Å²) >= 11 is 0. The van der Waals surface area contributed by atoms with Crippen molar-refractivity contribution in [3.8, 4) is 0 Å². The zero-order valence-corrected chi connectivity index (χ0v) is 12.7. The topological polar surface area (TPSA) is 78.9 Å². The van der Waals surface area contributed by atoms with Crippen LogP contribution in [0.2, 0.25) is 0 Å². The standard InChI is InChI=1S/C14H29N3O2/c1-5-9-12(13(15)16-19)14(18)17(8-4)10-11(6-2)7-3/h11-12,19H,5-10H2,1-4H3,(H2,15,16). The van der Waals surface area contributed by atoms with Crippen LogP contribution in [0.3, 0.4) is 0 Å². The van der Waals surface area contributed by atoms with Crippen LogP contribution in [-0.2, 0) is 4.79 Å². The van der Waals surface area contributed by atoms with Crippen molar-refractivity contribution < 1.29 is 10.0 Å². The van der Waals surface area contributed by atoms with Crippen molar-refractivity contribution in [1.29, 1.82) is 0 Å². The number of amides is 1. The first-order valence-electron chi connectivity index (χ1n) is 7.31. The van der Waals surface area contributed by atoms with Crippen LogP contribution in [0.15, 0.2) is 5.16 Å². The highest BCUT2D eigenvalue weighted by Gasteiger charge is 2.27. The third-order valence-corrected chi connectivity index (χ3v) is 3.67. The lowest BCUT2D eigenvalue weighted by Gasteiger charge is -2.28. The molecule has 0 saturated carbocycles. The first-order chi connectivity index (χ1) is 9.05. The van der Waals surface area contributed by atoms with Gasteiger partial charge >= 0.3 is 0 Å². The number of rotatable bonds is 9. The van der Waals surface area contributed by atoms with Crippen molar-refractivity contribution in [1.82, 2.24) is 4.90 Å². The summed E-state index contributed by atoms with van der Waals surface area (Å²) in [5.41, 5.74) is 5.65. The van der Waals surface area contributed by atoms with Gasteiger partial charge in [0, 0.05) is 13.1 Å². The largest absolute Gasteiger partial charge is 0.409 e. The van der Waals surface area contributed by atoms with Crippen molar-refractivity contribution >= 4 is 11.7 Å².